The molecule has 1 amide bonds. The van der Waals surface area contributed by atoms with E-state index in [0.29, 0.717) is 28.3 Å². The van der Waals surface area contributed by atoms with Crippen LogP contribution < -0.4 is 4.74 Å². The first kappa shape index (κ1) is 28.1. The van der Waals surface area contributed by atoms with E-state index in [9.17, 15) is 19.1 Å². The van der Waals surface area contributed by atoms with Gasteiger partial charge in [-0.1, -0.05) is 23.2 Å². The summed E-state index contributed by atoms with van der Waals surface area (Å²) in [5.74, 6) is -1.75. The highest BCUT2D eigenvalue weighted by atomic mass is 35.5. The summed E-state index contributed by atoms with van der Waals surface area (Å²) in [6.45, 7) is 2.81. The van der Waals surface area contributed by atoms with Gasteiger partial charge in [0.05, 0.1) is 18.7 Å². The Balaban J connectivity index is 1.17. The third-order valence-electron chi connectivity index (χ3n) is 7.96. The van der Waals surface area contributed by atoms with E-state index in [-0.39, 0.29) is 24.4 Å². The van der Waals surface area contributed by atoms with Crippen molar-refractivity contribution in [3.05, 3.63) is 62.9 Å². The van der Waals surface area contributed by atoms with E-state index in [1.165, 1.54) is 12.1 Å². The lowest BCUT2D eigenvalue weighted by atomic mass is 9.93. The molecule has 2 saturated heterocycles. The molecule has 6 nitrogen and oxygen atoms in total. The van der Waals surface area contributed by atoms with Gasteiger partial charge in [-0.3, -0.25) is 9.69 Å². The van der Waals surface area contributed by atoms with E-state index in [4.69, 9.17) is 27.9 Å². The molecule has 2 atom stereocenters. The van der Waals surface area contributed by atoms with Gasteiger partial charge in [-0.25, -0.2) is 13.6 Å². The molecule has 39 heavy (non-hydrogen) atoms. The number of aliphatic carboxylic acids is 1. The summed E-state index contributed by atoms with van der Waals surface area (Å²) in [6.07, 6.45) is 3.02. The number of piperidine rings is 1. The van der Waals surface area contributed by atoms with Gasteiger partial charge >= 0.3 is 5.97 Å². The minimum Gasteiger partial charge on any atom is -0.493 e. The standard InChI is InChI=1S/C29H32Cl2F2N2O4/c30-20-9-18(10-21(31)11-20)15-34-6-3-17(4-7-34)5-8-39-27-14-25(33)24(13-23(27)19-1-2-19)28(36)35-16-22(32)12-26(35)29(37)38/h9-11,13-14,17,19,22,26H,1-8,12,15-16H2,(H,37,38)/t22-,26+/m1/s1. The van der Waals surface area contributed by atoms with Crippen molar-refractivity contribution in [2.75, 3.05) is 26.2 Å². The average molecular weight is 581 g/mol. The minimum atomic E-state index is -1.44. The van der Waals surface area contributed by atoms with Crippen LogP contribution in [0, 0.1) is 11.7 Å². The second kappa shape index (κ2) is 12.0. The summed E-state index contributed by atoms with van der Waals surface area (Å²) in [5.41, 5.74) is 1.63. The van der Waals surface area contributed by atoms with Crippen LogP contribution in [0.5, 0.6) is 5.75 Å². The van der Waals surface area contributed by atoms with E-state index in [1.807, 2.05) is 12.1 Å². The molecule has 2 aliphatic heterocycles. The summed E-state index contributed by atoms with van der Waals surface area (Å²) >= 11 is 12.2. The number of hydrogen-bond acceptors (Lipinski definition) is 4. The maximum absolute atomic E-state index is 15.1. The number of amides is 1. The number of ether oxygens (including phenoxy) is 1. The number of halogens is 4. The molecule has 0 aromatic heterocycles. The Kier molecular flexibility index (Phi) is 8.64. The molecule has 1 aliphatic carbocycles. The fourth-order valence-corrected chi connectivity index (χ4v) is 6.27. The lowest BCUT2D eigenvalue weighted by Gasteiger charge is -2.32. The van der Waals surface area contributed by atoms with Crippen LogP contribution in [0.4, 0.5) is 8.78 Å². The van der Waals surface area contributed by atoms with Crippen molar-refractivity contribution in [1.29, 1.82) is 0 Å². The van der Waals surface area contributed by atoms with Crippen LogP contribution in [0.2, 0.25) is 10.0 Å². The molecule has 3 fully saturated rings. The van der Waals surface area contributed by atoms with Crippen LogP contribution in [0.15, 0.2) is 30.3 Å². The third-order valence-corrected chi connectivity index (χ3v) is 8.40. The summed E-state index contributed by atoms with van der Waals surface area (Å²) in [5, 5.41) is 10.7. The number of rotatable bonds is 9. The number of likely N-dealkylation sites (tertiary alicyclic amines) is 2. The predicted molar refractivity (Wildman–Crippen MR) is 145 cm³/mol. The molecule has 0 radical (unpaired) electrons. The van der Waals surface area contributed by atoms with E-state index < -0.39 is 29.9 Å². The second-order valence-electron chi connectivity index (χ2n) is 10.9. The quantitative estimate of drug-likeness (QED) is 0.375. The first-order chi connectivity index (χ1) is 18.7. The fourth-order valence-electron chi connectivity index (χ4n) is 5.70. The molecule has 2 aromatic rings. The number of nitrogens with zero attached hydrogens (tertiary/aromatic N) is 2. The Labute approximate surface area is 236 Å². The number of carbonyl (C=O) groups is 2. The summed E-state index contributed by atoms with van der Waals surface area (Å²) < 4.78 is 35.1. The molecular weight excluding hydrogens is 549 g/mol. The number of hydrogen-bond donors (Lipinski definition) is 1. The molecule has 3 aliphatic rings. The minimum absolute atomic E-state index is 0.179. The van der Waals surface area contributed by atoms with E-state index in [2.05, 4.69) is 4.90 Å². The number of carboxylic acids is 1. The highest BCUT2D eigenvalue weighted by molar-refractivity contribution is 6.34. The van der Waals surface area contributed by atoms with Crippen LogP contribution >= 0.6 is 23.2 Å². The maximum atomic E-state index is 15.1. The lowest BCUT2D eigenvalue weighted by molar-refractivity contribution is -0.141. The van der Waals surface area contributed by atoms with Crippen molar-refractivity contribution >= 4 is 35.1 Å². The van der Waals surface area contributed by atoms with Crippen LogP contribution in [-0.2, 0) is 11.3 Å². The molecule has 0 bridgehead atoms. The Bertz CT molecular complexity index is 1210. The zero-order chi connectivity index (χ0) is 27.7. The van der Waals surface area contributed by atoms with E-state index >= 15 is 4.39 Å². The van der Waals surface area contributed by atoms with Gasteiger partial charge in [0, 0.05) is 29.1 Å². The highest BCUT2D eigenvalue weighted by Crippen LogP contribution is 2.45. The zero-order valence-corrected chi connectivity index (χ0v) is 23.1. The molecular formula is C29H32Cl2F2N2O4. The molecule has 2 heterocycles. The maximum Gasteiger partial charge on any atom is 0.326 e. The van der Waals surface area contributed by atoms with E-state index in [0.717, 1.165) is 67.8 Å². The molecule has 1 N–H and O–H groups in total. The topological polar surface area (TPSA) is 70.1 Å². The number of carbonyl (C=O) groups excluding carboxylic acids is 1. The lowest BCUT2D eigenvalue weighted by Crippen LogP contribution is -2.41. The van der Waals surface area contributed by atoms with Gasteiger partial charge in [0.1, 0.15) is 23.8 Å². The smallest absolute Gasteiger partial charge is 0.326 e. The van der Waals surface area contributed by atoms with Crippen molar-refractivity contribution in [2.24, 2.45) is 5.92 Å². The summed E-state index contributed by atoms with van der Waals surface area (Å²) in [4.78, 5) is 27.8. The second-order valence-corrected chi connectivity index (χ2v) is 11.8. The molecule has 1 saturated carbocycles. The van der Waals surface area contributed by atoms with Crippen molar-refractivity contribution in [1.82, 2.24) is 9.80 Å². The Morgan fingerprint density at radius 2 is 1.72 bits per heavy atom. The molecule has 0 unspecified atom stereocenters. The predicted octanol–water partition coefficient (Wildman–Crippen LogP) is 6.33. The van der Waals surface area contributed by atoms with Gasteiger partial charge in [0.2, 0.25) is 0 Å². The largest absolute Gasteiger partial charge is 0.493 e. The average Bonchev–Trinajstić information content (AvgIpc) is 3.64. The van der Waals surface area contributed by atoms with Crippen molar-refractivity contribution in [3.63, 3.8) is 0 Å². The van der Waals surface area contributed by atoms with Gasteiger partial charge in [-0.15, -0.1) is 0 Å². The van der Waals surface area contributed by atoms with Crippen LogP contribution in [0.3, 0.4) is 0 Å². The Hall–Kier alpha value is -2.42. The van der Waals surface area contributed by atoms with Gasteiger partial charge in [-0.05, 0) is 92.4 Å². The molecule has 5 rings (SSSR count). The van der Waals surface area contributed by atoms with Crippen LogP contribution in [0.1, 0.15) is 65.9 Å². The monoisotopic (exact) mass is 580 g/mol. The molecule has 0 spiro atoms. The summed E-state index contributed by atoms with van der Waals surface area (Å²) in [6, 6.07) is 7.04. The number of alkyl halides is 1. The Morgan fingerprint density at radius 1 is 1.03 bits per heavy atom. The fraction of sp³-hybridized carbons (Fsp3) is 0.517. The first-order valence-electron chi connectivity index (χ1n) is 13.5. The SMILES string of the molecule is O=C(O)[C@@H]1C[C@@H](F)CN1C(=O)c1cc(C2CC2)c(OCCC2CCN(Cc3cc(Cl)cc(Cl)c3)CC2)cc1F. The summed E-state index contributed by atoms with van der Waals surface area (Å²) in [7, 11) is 0. The van der Waals surface area contributed by atoms with Crippen molar-refractivity contribution < 1.29 is 28.2 Å². The van der Waals surface area contributed by atoms with Gasteiger partial charge in [0.15, 0.2) is 0 Å². The first-order valence-corrected chi connectivity index (χ1v) is 14.2. The Morgan fingerprint density at radius 3 is 2.36 bits per heavy atom. The highest BCUT2D eigenvalue weighted by Gasteiger charge is 2.41. The normalized spacial score (nSPS) is 22.3. The van der Waals surface area contributed by atoms with Crippen LogP contribution in [-0.4, -0.2) is 65.2 Å². The van der Waals surface area contributed by atoms with E-state index in [1.54, 1.807) is 6.07 Å². The number of carboxylic acid groups (broad SMARTS) is 1. The molecule has 210 valence electrons. The van der Waals surface area contributed by atoms with Gasteiger partial charge in [0.25, 0.3) is 5.91 Å². The van der Waals surface area contributed by atoms with Crippen molar-refractivity contribution in [2.45, 2.75) is 63.2 Å². The van der Waals surface area contributed by atoms with Crippen molar-refractivity contribution in [3.8, 4) is 5.75 Å². The molecule has 2 aromatic carbocycles. The third kappa shape index (κ3) is 6.84. The zero-order valence-electron chi connectivity index (χ0n) is 21.6. The van der Waals surface area contributed by atoms with Gasteiger partial charge in [-0.2, -0.15) is 0 Å². The van der Waals surface area contributed by atoms with Gasteiger partial charge < -0.3 is 14.7 Å². The molecule has 10 heteroatoms. The van der Waals surface area contributed by atoms with Crippen LogP contribution in [0.25, 0.3) is 0 Å². The number of benzene rings is 2.